The van der Waals surface area contributed by atoms with E-state index >= 15 is 0 Å². The highest BCUT2D eigenvalue weighted by molar-refractivity contribution is 5.94. The molecule has 0 aliphatic carbocycles. The zero-order valence-corrected chi connectivity index (χ0v) is 15.4. The zero-order valence-electron chi connectivity index (χ0n) is 15.4. The van der Waals surface area contributed by atoms with Crippen molar-refractivity contribution in [2.24, 2.45) is 7.05 Å². The van der Waals surface area contributed by atoms with Crippen LogP contribution in [-0.4, -0.2) is 70.1 Å². The first-order valence-electron chi connectivity index (χ1n) is 8.87. The Bertz CT molecular complexity index is 848. The van der Waals surface area contributed by atoms with E-state index in [1.807, 2.05) is 17.8 Å². The van der Waals surface area contributed by atoms with Gasteiger partial charge in [0, 0.05) is 38.1 Å². The summed E-state index contributed by atoms with van der Waals surface area (Å²) in [6, 6.07) is 6.87. The summed E-state index contributed by atoms with van der Waals surface area (Å²) in [7, 11) is 3.49. The summed E-state index contributed by atoms with van der Waals surface area (Å²) in [4.78, 5) is 33.2. The number of hydrogen-bond donors (Lipinski definition) is 0. The number of aromatic nitrogens is 2. The molecule has 0 radical (unpaired) electrons. The van der Waals surface area contributed by atoms with Gasteiger partial charge in [-0.05, 0) is 24.3 Å². The predicted octanol–water partition coefficient (Wildman–Crippen LogP) is 0.681. The number of benzene rings is 1. The van der Waals surface area contributed by atoms with Gasteiger partial charge in [0.25, 0.3) is 5.91 Å². The Morgan fingerprint density at radius 3 is 2.74 bits per heavy atom. The molecule has 2 fully saturated rings. The van der Waals surface area contributed by atoms with Crippen LogP contribution in [0.2, 0.25) is 0 Å². The van der Waals surface area contributed by atoms with Crippen LogP contribution in [0, 0.1) is 0 Å². The van der Waals surface area contributed by atoms with Crippen molar-refractivity contribution in [3.8, 4) is 5.75 Å². The number of imidazole rings is 1. The van der Waals surface area contributed by atoms with E-state index < -0.39 is 0 Å². The first-order valence-corrected chi connectivity index (χ1v) is 8.87. The van der Waals surface area contributed by atoms with Crippen LogP contribution in [0.1, 0.15) is 16.2 Å². The molecule has 2 atom stereocenters. The lowest BCUT2D eigenvalue weighted by Gasteiger charge is -2.36. The maximum Gasteiger partial charge on any atom is 0.254 e. The molecule has 1 aromatic heterocycles. The van der Waals surface area contributed by atoms with Crippen molar-refractivity contribution in [3.63, 3.8) is 0 Å². The molecule has 8 nitrogen and oxygen atoms in total. The molecule has 1 aromatic carbocycles. The maximum atomic E-state index is 12.9. The Morgan fingerprint density at radius 1 is 1.30 bits per heavy atom. The lowest BCUT2D eigenvalue weighted by Crippen LogP contribution is -2.53. The number of carbonyl (C=O) groups excluding carboxylic acids is 2. The van der Waals surface area contributed by atoms with Gasteiger partial charge in [0.2, 0.25) is 5.91 Å². The van der Waals surface area contributed by atoms with E-state index in [4.69, 9.17) is 9.47 Å². The minimum absolute atomic E-state index is 0.0379. The van der Waals surface area contributed by atoms with E-state index in [0.29, 0.717) is 30.9 Å². The molecule has 27 heavy (non-hydrogen) atoms. The monoisotopic (exact) mass is 370 g/mol. The molecule has 3 heterocycles. The average Bonchev–Trinajstić information content (AvgIpc) is 3.30. The quantitative estimate of drug-likeness (QED) is 0.791. The second-order valence-electron chi connectivity index (χ2n) is 6.83. The first-order chi connectivity index (χ1) is 13.1. The number of nitrogens with zero attached hydrogens (tertiary/aromatic N) is 4. The Morgan fingerprint density at radius 2 is 2.07 bits per heavy atom. The van der Waals surface area contributed by atoms with Crippen LogP contribution in [0.25, 0.3) is 0 Å². The van der Waals surface area contributed by atoms with E-state index in [0.717, 1.165) is 5.82 Å². The highest BCUT2D eigenvalue weighted by atomic mass is 16.5. The fraction of sp³-hybridized carbons (Fsp3) is 0.421. The largest absolute Gasteiger partial charge is 0.497 e. The first kappa shape index (κ1) is 17.5. The summed E-state index contributed by atoms with van der Waals surface area (Å²) >= 11 is 0. The van der Waals surface area contributed by atoms with E-state index in [1.165, 1.54) is 0 Å². The Hall–Kier alpha value is -2.87. The Labute approximate surface area is 157 Å². The number of fused-ring (bicyclic) bond motifs is 1. The molecule has 2 amide bonds. The van der Waals surface area contributed by atoms with E-state index in [-0.39, 0.29) is 30.6 Å². The molecule has 2 aliphatic rings. The third-order valence-corrected chi connectivity index (χ3v) is 5.24. The van der Waals surface area contributed by atoms with Crippen molar-refractivity contribution < 1.29 is 19.1 Å². The fourth-order valence-electron chi connectivity index (χ4n) is 3.65. The summed E-state index contributed by atoms with van der Waals surface area (Å²) in [5, 5.41) is 0. The second kappa shape index (κ2) is 7.03. The molecule has 2 aromatic rings. The average molecular weight is 370 g/mol. The molecule has 0 saturated carbocycles. The summed E-state index contributed by atoms with van der Waals surface area (Å²) < 4.78 is 12.8. The van der Waals surface area contributed by atoms with Crippen molar-refractivity contribution in [3.05, 3.63) is 48.0 Å². The number of amides is 2. The van der Waals surface area contributed by atoms with Gasteiger partial charge >= 0.3 is 0 Å². The van der Waals surface area contributed by atoms with Crippen molar-refractivity contribution in [2.75, 3.05) is 26.8 Å². The molecule has 0 spiro atoms. The van der Waals surface area contributed by atoms with E-state index in [1.54, 1.807) is 47.4 Å². The molecule has 8 heteroatoms. The number of methoxy groups -OCH3 is 1. The van der Waals surface area contributed by atoms with Crippen molar-refractivity contribution in [1.82, 2.24) is 19.4 Å². The van der Waals surface area contributed by atoms with Crippen LogP contribution in [0.3, 0.4) is 0 Å². The Kier molecular flexibility index (Phi) is 4.57. The second-order valence-corrected chi connectivity index (χ2v) is 6.83. The van der Waals surface area contributed by atoms with Gasteiger partial charge in [0.05, 0.1) is 25.8 Å². The van der Waals surface area contributed by atoms with Gasteiger partial charge in [-0.1, -0.05) is 0 Å². The van der Waals surface area contributed by atoms with Crippen molar-refractivity contribution in [1.29, 1.82) is 0 Å². The molecular weight excluding hydrogens is 348 g/mol. The normalized spacial score (nSPS) is 22.1. The third kappa shape index (κ3) is 3.28. The highest BCUT2D eigenvalue weighted by Gasteiger charge is 2.45. The Balaban J connectivity index is 1.50. The molecule has 2 saturated heterocycles. The third-order valence-electron chi connectivity index (χ3n) is 5.24. The van der Waals surface area contributed by atoms with Crippen LogP contribution < -0.4 is 4.74 Å². The van der Waals surface area contributed by atoms with Gasteiger partial charge in [0.1, 0.15) is 18.2 Å². The van der Waals surface area contributed by atoms with Crippen LogP contribution in [0.5, 0.6) is 5.75 Å². The highest BCUT2D eigenvalue weighted by Crippen LogP contribution is 2.26. The molecule has 0 bridgehead atoms. The van der Waals surface area contributed by atoms with Crippen LogP contribution >= 0.6 is 0 Å². The molecule has 0 N–H and O–H groups in total. The summed E-state index contributed by atoms with van der Waals surface area (Å²) in [5.41, 5.74) is 0.594. The number of aryl methyl sites for hydroxylation is 1. The molecule has 2 aliphatic heterocycles. The van der Waals surface area contributed by atoms with E-state index in [2.05, 4.69) is 4.98 Å². The van der Waals surface area contributed by atoms with Crippen LogP contribution in [-0.2, 0) is 23.1 Å². The smallest absolute Gasteiger partial charge is 0.254 e. The van der Waals surface area contributed by atoms with Gasteiger partial charge in [-0.2, -0.15) is 0 Å². The summed E-state index contributed by atoms with van der Waals surface area (Å²) in [6.07, 6.45) is 3.39. The number of morpholine rings is 1. The minimum atomic E-state index is -0.176. The number of carbonyl (C=O) groups is 2. The van der Waals surface area contributed by atoms with Crippen LogP contribution in [0.4, 0.5) is 0 Å². The SMILES string of the molecule is COc1ccc(C(=O)N2CC3OCC(=O)N(Cc4nccn4C)C3C2)cc1. The lowest BCUT2D eigenvalue weighted by atomic mass is 10.1. The summed E-state index contributed by atoms with van der Waals surface area (Å²) in [6.45, 7) is 1.37. The van der Waals surface area contributed by atoms with Crippen LogP contribution in [0.15, 0.2) is 36.7 Å². The van der Waals surface area contributed by atoms with E-state index in [9.17, 15) is 9.59 Å². The standard InChI is InChI=1S/C19H22N4O4/c1-21-8-7-20-17(21)11-23-15-9-22(10-16(15)27-12-18(23)24)19(25)13-3-5-14(26-2)6-4-13/h3-8,15-16H,9-12H2,1-2H3. The molecular formula is C19H22N4O4. The number of rotatable bonds is 4. The van der Waals surface area contributed by atoms with Gasteiger partial charge in [0.15, 0.2) is 0 Å². The lowest BCUT2D eigenvalue weighted by molar-refractivity contribution is -0.154. The van der Waals surface area contributed by atoms with Gasteiger partial charge in [-0.25, -0.2) is 4.98 Å². The molecule has 142 valence electrons. The minimum Gasteiger partial charge on any atom is -0.497 e. The number of hydrogen-bond acceptors (Lipinski definition) is 5. The van der Waals surface area contributed by atoms with Gasteiger partial charge < -0.3 is 23.8 Å². The molecule has 4 rings (SSSR count). The fourth-order valence-corrected chi connectivity index (χ4v) is 3.65. The maximum absolute atomic E-state index is 12.9. The predicted molar refractivity (Wildman–Crippen MR) is 96.2 cm³/mol. The molecule has 2 unspecified atom stereocenters. The van der Waals surface area contributed by atoms with Crippen molar-refractivity contribution in [2.45, 2.75) is 18.7 Å². The zero-order chi connectivity index (χ0) is 19.0. The van der Waals surface area contributed by atoms with Crippen molar-refractivity contribution >= 4 is 11.8 Å². The summed E-state index contributed by atoms with van der Waals surface area (Å²) in [5.74, 6) is 1.37. The van der Waals surface area contributed by atoms with Gasteiger partial charge in [-0.3, -0.25) is 9.59 Å². The number of ether oxygens (including phenoxy) is 2. The number of likely N-dealkylation sites (tertiary alicyclic amines) is 1. The topological polar surface area (TPSA) is 76.9 Å². The van der Waals surface area contributed by atoms with Gasteiger partial charge in [-0.15, -0.1) is 0 Å².